The molecular weight excluding hydrogens is 497 g/mol. The van der Waals surface area contributed by atoms with Crippen LogP contribution in [0.25, 0.3) is 5.57 Å². The number of carbonyl (C=O) groups excluding carboxylic acids is 3. The summed E-state index contributed by atoms with van der Waals surface area (Å²) in [6, 6.07) is 12.5. The first-order chi connectivity index (χ1) is 17.3. The largest absolute Gasteiger partial charge is 0.325 e. The fourth-order valence-electron chi connectivity index (χ4n) is 4.42. The minimum atomic E-state index is -0.430. The van der Waals surface area contributed by atoms with Gasteiger partial charge in [-0.15, -0.1) is 0 Å². The molecule has 9 heteroatoms. The number of thiocarbonyl (C=S) groups is 1. The predicted molar refractivity (Wildman–Crippen MR) is 146 cm³/mol. The summed E-state index contributed by atoms with van der Waals surface area (Å²) in [5, 5.41) is 2.68. The van der Waals surface area contributed by atoms with E-state index in [1.54, 1.807) is 29.2 Å². The molecule has 6 nitrogen and oxygen atoms in total. The van der Waals surface area contributed by atoms with Crippen LogP contribution in [0.2, 0.25) is 0 Å². The molecule has 0 spiro atoms. The molecule has 0 bridgehead atoms. The number of fused-ring (bicyclic) bond motifs is 1. The molecule has 0 aliphatic carbocycles. The van der Waals surface area contributed by atoms with Gasteiger partial charge in [0.1, 0.15) is 16.7 Å². The van der Waals surface area contributed by atoms with Crippen molar-refractivity contribution in [2.24, 2.45) is 5.92 Å². The monoisotopic (exact) mass is 525 g/mol. The van der Waals surface area contributed by atoms with Crippen molar-refractivity contribution >= 4 is 63.0 Å². The molecule has 2 heterocycles. The minimum Gasteiger partial charge on any atom is -0.325 e. The number of thioether (sulfide) groups is 1. The molecule has 0 aromatic heterocycles. The Morgan fingerprint density at radius 2 is 1.78 bits per heavy atom. The van der Waals surface area contributed by atoms with Crippen molar-refractivity contribution in [2.75, 3.05) is 23.3 Å². The number of nitrogens with zero attached hydrogens (tertiary/aromatic N) is 2. The molecule has 1 saturated heterocycles. The molecule has 3 amide bonds. The predicted octanol–water partition coefficient (Wildman–Crippen LogP) is 5.60. The molecule has 1 atom stereocenters. The lowest BCUT2D eigenvalue weighted by molar-refractivity contribution is -0.123. The van der Waals surface area contributed by atoms with Crippen molar-refractivity contribution in [3.63, 3.8) is 0 Å². The average Bonchev–Trinajstić information content (AvgIpc) is 3.30. The van der Waals surface area contributed by atoms with Crippen LogP contribution in [0.15, 0.2) is 53.4 Å². The summed E-state index contributed by atoms with van der Waals surface area (Å²) in [6.07, 6.45) is 4.15. The number of halogens is 1. The number of hydrogen-bond donors (Lipinski definition) is 1. The second-order valence-electron chi connectivity index (χ2n) is 8.87. The van der Waals surface area contributed by atoms with Gasteiger partial charge < -0.3 is 5.32 Å². The Morgan fingerprint density at radius 3 is 2.47 bits per heavy atom. The third-order valence-corrected chi connectivity index (χ3v) is 7.86. The smallest absolute Gasteiger partial charge is 0.267 e. The van der Waals surface area contributed by atoms with Gasteiger partial charge in [0.15, 0.2) is 0 Å². The van der Waals surface area contributed by atoms with Gasteiger partial charge in [-0.05, 0) is 42.7 Å². The maximum Gasteiger partial charge on any atom is 0.267 e. The van der Waals surface area contributed by atoms with Crippen LogP contribution in [-0.4, -0.2) is 40.0 Å². The Bertz CT molecular complexity index is 1230. The van der Waals surface area contributed by atoms with E-state index in [1.165, 1.54) is 29.2 Å². The highest BCUT2D eigenvalue weighted by Crippen LogP contribution is 2.44. The van der Waals surface area contributed by atoms with Crippen molar-refractivity contribution in [2.45, 2.75) is 39.5 Å². The van der Waals surface area contributed by atoms with Crippen molar-refractivity contribution < 1.29 is 18.8 Å². The van der Waals surface area contributed by atoms with E-state index < -0.39 is 17.6 Å². The zero-order valence-corrected chi connectivity index (χ0v) is 21.9. The van der Waals surface area contributed by atoms with Crippen LogP contribution >= 0.6 is 24.0 Å². The van der Waals surface area contributed by atoms with E-state index >= 15 is 0 Å². The summed E-state index contributed by atoms with van der Waals surface area (Å²) in [7, 11) is 0. The maximum atomic E-state index is 13.6. The quantitative estimate of drug-likeness (QED) is 0.341. The number of benzene rings is 2. The first-order valence-electron chi connectivity index (χ1n) is 12.1. The molecule has 2 aromatic rings. The minimum absolute atomic E-state index is 0.244. The van der Waals surface area contributed by atoms with Crippen LogP contribution in [0.4, 0.5) is 15.8 Å². The van der Waals surface area contributed by atoms with E-state index in [4.69, 9.17) is 12.2 Å². The molecule has 4 rings (SSSR count). The summed E-state index contributed by atoms with van der Waals surface area (Å²) < 4.78 is 13.6. The van der Waals surface area contributed by atoms with Crippen molar-refractivity contribution in [3.05, 3.63) is 64.8 Å². The zero-order valence-electron chi connectivity index (χ0n) is 20.3. The SMILES string of the molecule is CCCC[C@@H](CC)CN1C(=O)/C(=C2/C(=O)N(CC(=O)Nc3ccc(F)cc3)c3ccccc32)SC1=S. The van der Waals surface area contributed by atoms with Crippen LogP contribution < -0.4 is 10.2 Å². The van der Waals surface area contributed by atoms with Crippen LogP contribution in [-0.2, 0) is 14.4 Å². The Kier molecular flexibility index (Phi) is 8.21. The molecular formula is C27H28FN3O3S2. The van der Waals surface area contributed by atoms with Gasteiger partial charge in [0.2, 0.25) is 5.91 Å². The second kappa shape index (κ2) is 11.3. The van der Waals surface area contributed by atoms with Crippen LogP contribution in [0.1, 0.15) is 45.1 Å². The number of rotatable bonds is 9. The van der Waals surface area contributed by atoms with Gasteiger partial charge in [0.05, 0.1) is 16.2 Å². The summed E-state index contributed by atoms with van der Waals surface area (Å²) in [5.41, 5.74) is 1.87. The maximum absolute atomic E-state index is 13.6. The molecule has 1 N–H and O–H groups in total. The molecule has 0 unspecified atom stereocenters. The summed E-state index contributed by atoms with van der Waals surface area (Å²) >= 11 is 6.70. The molecule has 2 aliphatic rings. The highest BCUT2D eigenvalue weighted by atomic mass is 32.2. The van der Waals surface area contributed by atoms with Crippen molar-refractivity contribution in [3.8, 4) is 0 Å². The lowest BCUT2D eigenvalue weighted by Crippen LogP contribution is -2.36. The molecule has 0 saturated carbocycles. The van der Waals surface area contributed by atoms with Gasteiger partial charge in [0, 0.05) is 17.8 Å². The summed E-state index contributed by atoms with van der Waals surface area (Å²) in [4.78, 5) is 43.1. The van der Waals surface area contributed by atoms with E-state index in [-0.39, 0.29) is 18.0 Å². The first-order valence-corrected chi connectivity index (χ1v) is 13.3. The molecule has 36 heavy (non-hydrogen) atoms. The highest BCUT2D eigenvalue weighted by Gasteiger charge is 2.42. The van der Waals surface area contributed by atoms with Crippen molar-refractivity contribution in [1.29, 1.82) is 0 Å². The summed E-state index contributed by atoms with van der Waals surface area (Å²) in [6.45, 7) is 4.55. The standard InChI is InChI=1S/C27H28FN3O3S2/c1-3-5-8-17(4-2)15-31-26(34)24(36-27(31)35)23-20-9-6-7-10-21(20)30(25(23)33)16-22(32)29-19-13-11-18(28)12-14-19/h6-7,9-14,17H,3-5,8,15-16H2,1-2H3,(H,29,32)/b24-23-/t17-/m1/s1. The van der Waals surface area contributed by atoms with Crippen molar-refractivity contribution in [1.82, 2.24) is 4.90 Å². The van der Waals surface area contributed by atoms with E-state index in [2.05, 4.69) is 19.2 Å². The van der Waals surface area contributed by atoms with E-state index in [9.17, 15) is 18.8 Å². The number of unbranched alkanes of at least 4 members (excludes halogenated alkanes) is 1. The van der Waals surface area contributed by atoms with E-state index in [1.807, 2.05) is 0 Å². The number of hydrogen-bond acceptors (Lipinski definition) is 5. The molecule has 2 aromatic carbocycles. The van der Waals surface area contributed by atoms with E-state index in [0.717, 1.165) is 37.4 Å². The Labute approximate surface area is 219 Å². The third-order valence-electron chi connectivity index (χ3n) is 6.41. The Balaban J connectivity index is 1.58. The van der Waals surface area contributed by atoms with Gasteiger partial charge in [-0.1, -0.05) is 75.3 Å². The average molecular weight is 526 g/mol. The fourth-order valence-corrected chi connectivity index (χ4v) is 5.76. The van der Waals surface area contributed by atoms with Crippen LogP contribution in [0, 0.1) is 11.7 Å². The van der Waals surface area contributed by atoms with Gasteiger partial charge in [-0.25, -0.2) is 4.39 Å². The highest BCUT2D eigenvalue weighted by molar-refractivity contribution is 8.26. The van der Waals surface area contributed by atoms with Gasteiger partial charge in [0.25, 0.3) is 11.8 Å². The lowest BCUT2D eigenvalue weighted by atomic mass is 9.98. The zero-order chi connectivity index (χ0) is 25.8. The lowest BCUT2D eigenvalue weighted by Gasteiger charge is -2.21. The number of para-hydroxylation sites is 1. The number of amides is 3. The molecule has 1 fully saturated rings. The van der Waals surface area contributed by atoms with Gasteiger partial charge >= 0.3 is 0 Å². The number of anilines is 2. The fraction of sp³-hybridized carbons (Fsp3) is 0.333. The molecule has 188 valence electrons. The molecule has 2 aliphatic heterocycles. The second-order valence-corrected chi connectivity index (χ2v) is 10.5. The Morgan fingerprint density at radius 1 is 1.06 bits per heavy atom. The van der Waals surface area contributed by atoms with Gasteiger partial charge in [-0.2, -0.15) is 0 Å². The summed E-state index contributed by atoms with van der Waals surface area (Å²) in [5.74, 6) is -1.16. The van der Waals surface area contributed by atoms with Gasteiger partial charge in [-0.3, -0.25) is 24.2 Å². The van der Waals surface area contributed by atoms with E-state index in [0.29, 0.717) is 38.6 Å². The third kappa shape index (κ3) is 5.37. The number of nitrogens with one attached hydrogen (secondary N) is 1. The number of carbonyl (C=O) groups is 3. The Hall–Kier alpha value is -3.04. The normalized spacial score (nSPS) is 18.1. The first kappa shape index (κ1) is 26.0. The van der Waals surface area contributed by atoms with Crippen LogP contribution in [0.3, 0.4) is 0 Å². The molecule has 0 radical (unpaired) electrons. The topological polar surface area (TPSA) is 69.7 Å². The van der Waals surface area contributed by atoms with Crippen LogP contribution in [0.5, 0.6) is 0 Å².